The molecule has 0 aliphatic carbocycles. The molecule has 0 fully saturated rings. The molecule has 0 atom stereocenters. The maximum atomic E-state index is 12.2. The lowest BCUT2D eigenvalue weighted by atomic mass is 9.98. The normalized spacial score (nSPS) is 10.3. The van der Waals surface area contributed by atoms with Gasteiger partial charge in [-0.3, -0.25) is 0 Å². The molecule has 0 spiro atoms. The quantitative estimate of drug-likeness (QED) is 0.435. The van der Waals surface area contributed by atoms with Crippen molar-refractivity contribution in [3.8, 4) is 16.9 Å². The van der Waals surface area contributed by atoms with Gasteiger partial charge in [-0.05, 0) is 53.4 Å². The summed E-state index contributed by atoms with van der Waals surface area (Å²) >= 11 is 10.4. The van der Waals surface area contributed by atoms with E-state index in [1.807, 2.05) is 30.3 Å². The average Bonchev–Trinajstić information content (AvgIpc) is 2.52. The second-order valence-corrected chi connectivity index (χ2v) is 6.46. The van der Waals surface area contributed by atoms with Crippen LogP contribution >= 0.6 is 47.8 Å². The smallest absolute Gasteiger partial charge is 0.339 e. The summed E-state index contributed by atoms with van der Waals surface area (Å²) in [4.78, 5) is 12.2. The molecule has 21 heavy (non-hydrogen) atoms. The summed E-state index contributed by atoms with van der Waals surface area (Å²) in [5, 5.41) is 0. The standard InChI is InChI=1S/C15H11Br3O3/c1-20-14-9(8-6-4-3-5-7-8)10(15(19)21-2)11(16)12(17)13(14)18/h3-7H,1-2H3. The third kappa shape index (κ3) is 3.03. The lowest BCUT2D eigenvalue weighted by Gasteiger charge is -2.18. The number of rotatable bonds is 3. The van der Waals surface area contributed by atoms with E-state index in [2.05, 4.69) is 47.8 Å². The van der Waals surface area contributed by atoms with Gasteiger partial charge < -0.3 is 9.47 Å². The van der Waals surface area contributed by atoms with Crippen molar-refractivity contribution in [2.45, 2.75) is 0 Å². The first-order valence-corrected chi connectivity index (χ1v) is 8.29. The molecule has 3 nitrogen and oxygen atoms in total. The monoisotopic (exact) mass is 476 g/mol. The number of halogens is 3. The van der Waals surface area contributed by atoms with Crippen LogP contribution in [0.15, 0.2) is 43.7 Å². The molecule has 0 saturated heterocycles. The van der Waals surface area contributed by atoms with Crippen molar-refractivity contribution in [3.63, 3.8) is 0 Å². The Morgan fingerprint density at radius 3 is 2.10 bits per heavy atom. The Morgan fingerprint density at radius 2 is 1.57 bits per heavy atom. The van der Waals surface area contributed by atoms with E-state index in [1.54, 1.807) is 7.11 Å². The van der Waals surface area contributed by atoms with Gasteiger partial charge in [0.05, 0.1) is 28.7 Å². The van der Waals surface area contributed by atoms with E-state index in [1.165, 1.54) is 7.11 Å². The predicted octanol–water partition coefficient (Wildman–Crippen LogP) is 5.44. The Labute approximate surface area is 148 Å². The highest BCUT2D eigenvalue weighted by atomic mass is 79.9. The van der Waals surface area contributed by atoms with Crippen LogP contribution in [0.4, 0.5) is 0 Å². The van der Waals surface area contributed by atoms with Crippen molar-refractivity contribution in [2.75, 3.05) is 14.2 Å². The summed E-state index contributed by atoms with van der Waals surface area (Å²) < 4.78 is 12.4. The van der Waals surface area contributed by atoms with Gasteiger partial charge in [0.25, 0.3) is 0 Å². The molecule has 0 saturated carbocycles. The molecular formula is C15H11Br3O3. The van der Waals surface area contributed by atoms with Crippen molar-refractivity contribution < 1.29 is 14.3 Å². The number of hydrogen-bond acceptors (Lipinski definition) is 3. The lowest BCUT2D eigenvalue weighted by Crippen LogP contribution is -2.07. The highest BCUT2D eigenvalue weighted by Crippen LogP contribution is 2.48. The van der Waals surface area contributed by atoms with Crippen LogP contribution in [-0.4, -0.2) is 20.2 Å². The molecule has 2 aromatic carbocycles. The first-order valence-electron chi connectivity index (χ1n) is 5.91. The zero-order valence-corrected chi connectivity index (χ0v) is 16.0. The number of ether oxygens (including phenoxy) is 2. The molecule has 0 N–H and O–H groups in total. The SMILES string of the molecule is COC(=O)c1c(Br)c(Br)c(Br)c(OC)c1-c1ccccc1. The molecule has 110 valence electrons. The van der Waals surface area contributed by atoms with Gasteiger partial charge in [-0.2, -0.15) is 0 Å². The topological polar surface area (TPSA) is 35.5 Å². The molecule has 2 aromatic rings. The number of carbonyl (C=O) groups is 1. The van der Waals surface area contributed by atoms with Gasteiger partial charge in [-0.25, -0.2) is 4.79 Å². The highest BCUT2D eigenvalue weighted by Gasteiger charge is 2.26. The molecule has 0 heterocycles. The summed E-state index contributed by atoms with van der Waals surface area (Å²) in [6, 6.07) is 9.55. The van der Waals surface area contributed by atoms with Gasteiger partial charge in [0.2, 0.25) is 0 Å². The van der Waals surface area contributed by atoms with E-state index in [4.69, 9.17) is 9.47 Å². The van der Waals surface area contributed by atoms with Crippen molar-refractivity contribution in [1.29, 1.82) is 0 Å². The number of methoxy groups -OCH3 is 2. The van der Waals surface area contributed by atoms with Crippen molar-refractivity contribution in [1.82, 2.24) is 0 Å². The Balaban J connectivity index is 2.91. The second-order valence-electron chi connectivity index (χ2n) is 4.08. The van der Waals surface area contributed by atoms with Gasteiger partial charge >= 0.3 is 5.97 Å². The van der Waals surface area contributed by atoms with Crippen LogP contribution < -0.4 is 4.74 Å². The number of carbonyl (C=O) groups excluding carboxylic acids is 1. The Morgan fingerprint density at radius 1 is 0.952 bits per heavy atom. The molecule has 0 aliphatic rings. The van der Waals surface area contributed by atoms with Crippen LogP contribution in [0.1, 0.15) is 10.4 Å². The van der Waals surface area contributed by atoms with Crippen LogP contribution in [0.2, 0.25) is 0 Å². The van der Waals surface area contributed by atoms with Gasteiger partial charge in [0.15, 0.2) is 0 Å². The average molecular weight is 479 g/mol. The van der Waals surface area contributed by atoms with Gasteiger partial charge in [0.1, 0.15) is 5.75 Å². The number of hydrogen-bond donors (Lipinski definition) is 0. The molecule has 0 unspecified atom stereocenters. The zero-order chi connectivity index (χ0) is 15.6. The lowest BCUT2D eigenvalue weighted by molar-refractivity contribution is 0.0600. The highest BCUT2D eigenvalue weighted by molar-refractivity contribution is 9.14. The minimum atomic E-state index is -0.438. The second kappa shape index (κ2) is 6.94. The van der Waals surface area contributed by atoms with E-state index >= 15 is 0 Å². The third-order valence-corrected chi connectivity index (χ3v) is 6.34. The maximum Gasteiger partial charge on any atom is 0.339 e. The molecule has 0 amide bonds. The number of benzene rings is 2. The third-order valence-electron chi connectivity index (χ3n) is 2.94. The minimum Gasteiger partial charge on any atom is -0.495 e. The van der Waals surface area contributed by atoms with Crippen LogP contribution in [0, 0.1) is 0 Å². The molecule has 0 aliphatic heterocycles. The van der Waals surface area contributed by atoms with Crippen LogP contribution in [0.3, 0.4) is 0 Å². The Hall–Kier alpha value is -0.850. The fourth-order valence-electron chi connectivity index (χ4n) is 2.00. The fraction of sp³-hybridized carbons (Fsp3) is 0.133. The summed E-state index contributed by atoms with van der Waals surface area (Å²) in [5.41, 5.74) is 1.95. The van der Waals surface area contributed by atoms with E-state index in [9.17, 15) is 4.79 Å². The summed E-state index contributed by atoms with van der Waals surface area (Å²) in [7, 11) is 2.92. The molecule has 2 rings (SSSR count). The Kier molecular flexibility index (Phi) is 5.46. The van der Waals surface area contributed by atoms with E-state index in [0.717, 1.165) is 10.0 Å². The zero-order valence-electron chi connectivity index (χ0n) is 11.2. The van der Waals surface area contributed by atoms with E-state index in [0.29, 0.717) is 25.8 Å². The van der Waals surface area contributed by atoms with E-state index < -0.39 is 5.97 Å². The van der Waals surface area contributed by atoms with E-state index in [-0.39, 0.29) is 0 Å². The van der Waals surface area contributed by atoms with Gasteiger partial charge in [0, 0.05) is 10.0 Å². The largest absolute Gasteiger partial charge is 0.495 e. The van der Waals surface area contributed by atoms with Crippen molar-refractivity contribution in [3.05, 3.63) is 49.3 Å². The maximum absolute atomic E-state index is 12.2. The molecule has 0 radical (unpaired) electrons. The van der Waals surface area contributed by atoms with Gasteiger partial charge in [-0.15, -0.1) is 0 Å². The van der Waals surface area contributed by atoms with Crippen molar-refractivity contribution in [2.24, 2.45) is 0 Å². The molecule has 0 aromatic heterocycles. The molecule has 0 bridgehead atoms. The number of esters is 1. The first kappa shape index (κ1) is 16.5. The van der Waals surface area contributed by atoms with Gasteiger partial charge in [-0.1, -0.05) is 30.3 Å². The predicted molar refractivity (Wildman–Crippen MR) is 92.9 cm³/mol. The minimum absolute atomic E-state index is 0.413. The Bertz CT molecular complexity index is 685. The van der Waals surface area contributed by atoms with Crippen LogP contribution in [0.25, 0.3) is 11.1 Å². The molecule has 6 heteroatoms. The fourth-order valence-corrected chi connectivity index (χ4v) is 3.77. The summed E-state index contributed by atoms with van der Waals surface area (Å²) in [6.45, 7) is 0. The van der Waals surface area contributed by atoms with Crippen molar-refractivity contribution >= 4 is 53.8 Å². The summed E-state index contributed by atoms with van der Waals surface area (Å²) in [5.74, 6) is 0.129. The van der Waals surface area contributed by atoms with Crippen LogP contribution in [0.5, 0.6) is 5.75 Å². The summed E-state index contributed by atoms with van der Waals surface area (Å²) in [6.07, 6.45) is 0. The van der Waals surface area contributed by atoms with Crippen LogP contribution in [-0.2, 0) is 4.74 Å². The first-order chi connectivity index (χ1) is 10.0. The molecular weight excluding hydrogens is 468 g/mol.